The van der Waals surface area contributed by atoms with Gasteiger partial charge in [0, 0.05) is 61.0 Å². The Labute approximate surface area is 264 Å². The third kappa shape index (κ3) is 4.88. The maximum atomic E-state index is 11.0. The van der Waals surface area contributed by atoms with E-state index in [0.29, 0.717) is 28.5 Å². The molecule has 0 unspecified atom stereocenters. The Morgan fingerprint density at radius 2 is 1.65 bits per heavy atom. The fraction of sp³-hybridized carbons (Fsp3) is 0.222. The van der Waals surface area contributed by atoms with E-state index in [0.717, 1.165) is 43.9 Å². The second-order valence-electron chi connectivity index (χ2n) is 12.9. The van der Waals surface area contributed by atoms with Crippen LogP contribution in [0.15, 0.2) is 83.4 Å². The van der Waals surface area contributed by atoms with Crippen molar-refractivity contribution in [1.29, 1.82) is 0 Å². The molecule has 0 amide bonds. The van der Waals surface area contributed by atoms with E-state index in [1.807, 2.05) is 71.4 Å². The Hall–Kier alpha value is -4.15. The molecule has 0 aliphatic rings. The molecule has 0 aliphatic heterocycles. The van der Waals surface area contributed by atoms with Gasteiger partial charge >= 0.3 is 0 Å². The first-order valence-electron chi connectivity index (χ1n) is 14.1. The van der Waals surface area contributed by atoms with Gasteiger partial charge in [-0.05, 0) is 52.3 Å². The second kappa shape index (κ2) is 10.2. The van der Waals surface area contributed by atoms with Crippen LogP contribution < -0.4 is 4.74 Å². The molecule has 7 aromatic rings. The van der Waals surface area contributed by atoms with Crippen LogP contribution in [0.1, 0.15) is 52.7 Å². The zero-order chi connectivity index (χ0) is 29.4. The molecule has 0 spiro atoms. The van der Waals surface area contributed by atoms with Gasteiger partial charge in [0.25, 0.3) is 0 Å². The zero-order valence-electron chi connectivity index (χ0n) is 24.9. The number of benzene rings is 3. The Morgan fingerprint density at radius 1 is 0.860 bits per heavy atom. The van der Waals surface area contributed by atoms with E-state index >= 15 is 0 Å². The second-order valence-corrected chi connectivity index (χ2v) is 12.9. The first-order valence-corrected chi connectivity index (χ1v) is 14.1. The number of fused-ring (bicyclic) bond motifs is 6. The van der Waals surface area contributed by atoms with Crippen molar-refractivity contribution in [3.05, 3.63) is 96.2 Å². The summed E-state index contributed by atoms with van der Waals surface area (Å²) in [6.07, 6.45) is 1.82. The first kappa shape index (κ1) is 28.9. The van der Waals surface area contributed by atoms with Crippen LogP contribution in [-0.4, -0.2) is 19.6 Å². The maximum absolute atomic E-state index is 11.0. The van der Waals surface area contributed by atoms with Crippen molar-refractivity contribution in [2.75, 3.05) is 0 Å². The Balaban J connectivity index is 0.00000329. The smallest absolute Gasteiger partial charge is 0.219 e. The fourth-order valence-corrected chi connectivity index (χ4v) is 5.62. The average Bonchev–Trinajstić information content (AvgIpc) is 3.47. The number of phenolic OH excluding ortho intramolecular Hbond substituents is 1. The summed E-state index contributed by atoms with van der Waals surface area (Å²) >= 11 is 0. The molecule has 43 heavy (non-hydrogen) atoms. The van der Waals surface area contributed by atoms with Gasteiger partial charge < -0.3 is 19.2 Å². The molecule has 7 rings (SSSR count). The minimum absolute atomic E-state index is 0. The van der Waals surface area contributed by atoms with Gasteiger partial charge in [0.1, 0.15) is 17.0 Å². The van der Waals surface area contributed by atoms with Crippen molar-refractivity contribution in [1.82, 2.24) is 14.5 Å². The molecule has 1 N–H and O–H groups in total. The number of nitrogens with zero attached hydrogens (tertiary/aromatic N) is 3. The summed E-state index contributed by atoms with van der Waals surface area (Å²) < 4.78 is 14.5. The molecule has 0 fully saturated rings. The summed E-state index contributed by atoms with van der Waals surface area (Å²) in [5.41, 5.74) is 6.61. The van der Waals surface area contributed by atoms with Crippen LogP contribution in [0.4, 0.5) is 0 Å². The van der Waals surface area contributed by atoms with Crippen LogP contribution >= 0.6 is 0 Å². The molecule has 220 valence electrons. The van der Waals surface area contributed by atoms with E-state index < -0.39 is 0 Å². The van der Waals surface area contributed by atoms with E-state index in [4.69, 9.17) is 14.1 Å². The van der Waals surface area contributed by atoms with Crippen molar-refractivity contribution >= 4 is 44.0 Å². The molecule has 0 saturated heterocycles. The van der Waals surface area contributed by atoms with Crippen LogP contribution in [0.3, 0.4) is 0 Å². The molecule has 0 radical (unpaired) electrons. The number of aromatic nitrogens is 3. The van der Waals surface area contributed by atoms with Gasteiger partial charge in [0.15, 0.2) is 0 Å². The van der Waals surface area contributed by atoms with Crippen LogP contribution in [0.5, 0.6) is 17.4 Å². The summed E-state index contributed by atoms with van der Waals surface area (Å²) in [7, 11) is 0. The quantitative estimate of drug-likeness (QED) is 0.182. The third-order valence-electron chi connectivity index (χ3n) is 7.84. The van der Waals surface area contributed by atoms with Gasteiger partial charge in [0.05, 0.1) is 11.2 Å². The SMILES string of the molecule is CC(C)(C)c1ccc(O)c(-n2c3ccccc3c3ccc(Oc4[c-]c5c(cc4)oc4c(C(C)(C)C)ccnc45)nc32)c1.[Pt]. The number of furan rings is 1. The predicted octanol–water partition coefficient (Wildman–Crippen LogP) is 9.36. The van der Waals surface area contributed by atoms with Crippen LogP contribution in [0.25, 0.3) is 49.7 Å². The Kier molecular flexibility index (Phi) is 6.89. The number of para-hydroxylation sites is 1. The standard InChI is InChI=1S/C36H32N3O3.Pt/c1-35(2,3)21-11-14-29(40)28(19-21)39-27-10-8-7-9-23(27)24-13-16-31(38-34(24)39)41-22-12-15-30-25(20-22)32-33(42-30)26(17-18-37-32)36(4,5)6;/h7-19,40H,1-6H3;/q-1;. The molecule has 6 nitrogen and oxygen atoms in total. The number of pyridine rings is 2. The Bertz CT molecular complexity index is 2160. The minimum atomic E-state index is -0.0903. The molecule has 4 heterocycles. The summed E-state index contributed by atoms with van der Waals surface area (Å²) in [5.74, 6) is 1.12. The van der Waals surface area contributed by atoms with Crippen molar-refractivity contribution in [3.63, 3.8) is 0 Å². The molecule has 0 atom stereocenters. The van der Waals surface area contributed by atoms with Crippen molar-refractivity contribution in [3.8, 4) is 23.1 Å². The monoisotopic (exact) mass is 749 g/mol. The van der Waals surface area contributed by atoms with E-state index in [1.165, 1.54) is 0 Å². The van der Waals surface area contributed by atoms with Gasteiger partial charge in [-0.25, -0.2) is 0 Å². The minimum Gasteiger partial charge on any atom is -0.508 e. The number of rotatable bonds is 3. The van der Waals surface area contributed by atoms with Gasteiger partial charge in [0.2, 0.25) is 5.88 Å². The van der Waals surface area contributed by atoms with Crippen molar-refractivity contribution in [2.45, 2.75) is 52.4 Å². The van der Waals surface area contributed by atoms with E-state index in [1.54, 1.807) is 6.07 Å². The molecule has 0 saturated carbocycles. The molecular formula is C36H32N3O3Pt-. The van der Waals surface area contributed by atoms with Gasteiger partial charge in [-0.1, -0.05) is 89.4 Å². The Morgan fingerprint density at radius 3 is 2.42 bits per heavy atom. The van der Waals surface area contributed by atoms with Gasteiger partial charge in [-0.3, -0.25) is 4.57 Å². The largest absolute Gasteiger partial charge is 0.508 e. The first-order chi connectivity index (χ1) is 20.0. The van der Waals surface area contributed by atoms with E-state index in [2.05, 4.69) is 58.7 Å². The predicted molar refractivity (Wildman–Crippen MR) is 168 cm³/mol. The van der Waals surface area contributed by atoms with Crippen LogP contribution in [0, 0.1) is 6.07 Å². The van der Waals surface area contributed by atoms with Gasteiger partial charge in [-0.15, -0.1) is 0 Å². The summed E-state index contributed by atoms with van der Waals surface area (Å²) in [4.78, 5) is 9.58. The molecule has 0 bridgehead atoms. The summed E-state index contributed by atoms with van der Waals surface area (Å²) in [6.45, 7) is 13.0. The van der Waals surface area contributed by atoms with Crippen molar-refractivity contribution in [2.24, 2.45) is 0 Å². The average molecular weight is 750 g/mol. The van der Waals surface area contributed by atoms with E-state index in [9.17, 15) is 5.11 Å². The zero-order valence-corrected chi connectivity index (χ0v) is 27.2. The number of hydrogen-bond acceptors (Lipinski definition) is 5. The summed E-state index contributed by atoms with van der Waals surface area (Å²) in [5, 5.41) is 13.8. The molecule has 0 aliphatic carbocycles. The fourth-order valence-electron chi connectivity index (χ4n) is 5.62. The molecule has 7 heteroatoms. The normalized spacial score (nSPS) is 12.3. The molecule has 3 aromatic carbocycles. The van der Waals surface area contributed by atoms with Crippen LogP contribution in [-0.2, 0) is 31.9 Å². The van der Waals surface area contributed by atoms with Gasteiger partial charge in [-0.2, -0.15) is 4.98 Å². The molecule has 4 aromatic heterocycles. The summed E-state index contributed by atoms with van der Waals surface area (Å²) in [6, 6.07) is 26.9. The molecular weight excluding hydrogens is 717 g/mol. The van der Waals surface area contributed by atoms with Crippen molar-refractivity contribution < 1.29 is 35.3 Å². The maximum Gasteiger partial charge on any atom is 0.219 e. The van der Waals surface area contributed by atoms with E-state index in [-0.39, 0.29) is 37.6 Å². The number of ether oxygens (including phenoxy) is 1. The third-order valence-corrected chi connectivity index (χ3v) is 7.84. The number of aromatic hydroxyl groups is 1. The topological polar surface area (TPSA) is 73.3 Å². The number of phenols is 1. The van der Waals surface area contributed by atoms with Crippen LogP contribution in [0.2, 0.25) is 0 Å². The number of hydrogen-bond donors (Lipinski definition) is 1.